The number of hydrogen-bond acceptors (Lipinski definition) is 3. The van der Waals surface area contributed by atoms with Crippen molar-refractivity contribution < 1.29 is 4.79 Å². The molecule has 0 aliphatic carbocycles. The average molecular weight is 277 g/mol. The molecule has 0 bridgehead atoms. The molecule has 20 heavy (non-hydrogen) atoms. The van der Waals surface area contributed by atoms with E-state index in [9.17, 15) is 4.79 Å². The van der Waals surface area contributed by atoms with Crippen LogP contribution in [0.5, 0.6) is 0 Å². The lowest BCUT2D eigenvalue weighted by Gasteiger charge is -2.30. The third-order valence-corrected chi connectivity index (χ3v) is 3.51. The molecule has 1 aromatic carbocycles. The van der Waals surface area contributed by atoms with Crippen LogP contribution in [0.15, 0.2) is 18.2 Å². The molecule has 0 aliphatic rings. The Labute approximate surface area is 122 Å². The van der Waals surface area contributed by atoms with Crippen molar-refractivity contribution in [3.8, 4) is 0 Å². The lowest BCUT2D eigenvalue weighted by molar-refractivity contribution is 0.0679. The van der Waals surface area contributed by atoms with Crippen LogP contribution in [-0.2, 0) is 0 Å². The van der Waals surface area contributed by atoms with E-state index < -0.39 is 0 Å². The molecule has 0 fully saturated rings. The summed E-state index contributed by atoms with van der Waals surface area (Å²) in [5.41, 5.74) is 2.91. The smallest absolute Gasteiger partial charge is 0.254 e. The summed E-state index contributed by atoms with van der Waals surface area (Å²) >= 11 is 0. The van der Waals surface area contributed by atoms with Gasteiger partial charge in [0.1, 0.15) is 0 Å². The minimum absolute atomic E-state index is 0.104. The highest BCUT2D eigenvalue weighted by Gasteiger charge is 2.20. The molecule has 4 nitrogen and oxygen atoms in total. The van der Waals surface area contributed by atoms with Gasteiger partial charge in [-0.25, -0.2) is 0 Å². The fourth-order valence-electron chi connectivity index (χ4n) is 2.53. The number of aryl methyl sites for hydroxylation is 1. The molecule has 0 heterocycles. The van der Waals surface area contributed by atoms with E-state index in [0.717, 1.165) is 29.9 Å². The highest BCUT2D eigenvalue weighted by molar-refractivity contribution is 5.95. The Kier molecular flexibility index (Phi) is 6.02. The number of benzene rings is 1. The molecule has 1 unspecified atom stereocenters. The number of anilines is 1. The quantitative estimate of drug-likeness (QED) is 0.867. The molecule has 0 spiro atoms. The first-order valence-corrected chi connectivity index (χ1v) is 7.14. The summed E-state index contributed by atoms with van der Waals surface area (Å²) in [5.74, 6) is 0.104. The topological polar surface area (TPSA) is 35.6 Å². The Bertz CT molecular complexity index is 457. The van der Waals surface area contributed by atoms with Crippen molar-refractivity contribution in [3.63, 3.8) is 0 Å². The van der Waals surface area contributed by atoms with Gasteiger partial charge < -0.3 is 15.1 Å². The lowest BCUT2D eigenvalue weighted by Crippen LogP contribution is -2.43. The first-order valence-electron chi connectivity index (χ1n) is 7.14. The highest BCUT2D eigenvalue weighted by atomic mass is 16.2. The molecule has 112 valence electrons. The molecular weight excluding hydrogens is 250 g/mol. The van der Waals surface area contributed by atoms with E-state index in [-0.39, 0.29) is 11.9 Å². The maximum Gasteiger partial charge on any atom is 0.254 e. The zero-order chi connectivity index (χ0) is 15.3. The number of likely N-dealkylation sites (N-methyl/N-ethyl adjacent to an activating group) is 2. The fraction of sp³-hybridized carbons (Fsp3) is 0.562. The molecule has 1 rings (SSSR count). The van der Waals surface area contributed by atoms with Crippen molar-refractivity contribution in [2.45, 2.75) is 26.8 Å². The number of rotatable bonds is 6. The lowest BCUT2D eigenvalue weighted by atomic mass is 10.1. The first kappa shape index (κ1) is 16.5. The van der Waals surface area contributed by atoms with Crippen molar-refractivity contribution in [2.75, 3.05) is 39.5 Å². The molecule has 0 aliphatic heterocycles. The Balaban J connectivity index is 2.93. The van der Waals surface area contributed by atoms with Crippen LogP contribution in [0.4, 0.5) is 5.69 Å². The Morgan fingerprint density at radius 2 is 2.00 bits per heavy atom. The Hall–Kier alpha value is -1.55. The van der Waals surface area contributed by atoms with Crippen molar-refractivity contribution >= 4 is 11.6 Å². The van der Waals surface area contributed by atoms with Gasteiger partial charge in [-0.15, -0.1) is 0 Å². The Morgan fingerprint density at radius 1 is 1.35 bits per heavy atom. The van der Waals surface area contributed by atoms with Gasteiger partial charge in [0, 0.05) is 37.4 Å². The second kappa shape index (κ2) is 7.29. The Morgan fingerprint density at radius 3 is 2.45 bits per heavy atom. The highest BCUT2D eigenvalue weighted by Crippen LogP contribution is 2.18. The third kappa shape index (κ3) is 3.97. The molecule has 1 N–H and O–H groups in total. The minimum Gasteiger partial charge on any atom is -0.388 e. The third-order valence-electron chi connectivity index (χ3n) is 3.51. The van der Waals surface area contributed by atoms with Crippen LogP contribution >= 0.6 is 0 Å². The van der Waals surface area contributed by atoms with Gasteiger partial charge >= 0.3 is 0 Å². The summed E-state index contributed by atoms with van der Waals surface area (Å²) in [6.45, 7) is 7.73. The number of carbonyl (C=O) groups excluding carboxylic acids is 1. The summed E-state index contributed by atoms with van der Waals surface area (Å²) in [6, 6.07) is 6.02. The van der Waals surface area contributed by atoms with Gasteiger partial charge in [0.15, 0.2) is 0 Å². The van der Waals surface area contributed by atoms with Crippen LogP contribution < -0.4 is 5.32 Å². The summed E-state index contributed by atoms with van der Waals surface area (Å²) in [6.07, 6.45) is 0. The first-order chi connectivity index (χ1) is 9.40. The number of nitrogens with zero attached hydrogens (tertiary/aromatic N) is 2. The van der Waals surface area contributed by atoms with Crippen LogP contribution in [0.25, 0.3) is 0 Å². The number of amides is 1. The van der Waals surface area contributed by atoms with Crippen molar-refractivity contribution in [1.29, 1.82) is 0 Å². The van der Waals surface area contributed by atoms with E-state index in [1.54, 1.807) is 0 Å². The molecule has 1 atom stereocenters. The summed E-state index contributed by atoms with van der Waals surface area (Å²) < 4.78 is 0. The van der Waals surface area contributed by atoms with Crippen molar-refractivity contribution in [2.24, 2.45) is 0 Å². The minimum atomic E-state index is 0.104. The second-order valence-electron chi connectivity index (χ2n) is 5.48. The van der Waals surface area contributed by atoms with E-state index in [4.69, 9.17) is 0 Å². The molecule has 0 radical (unpaired) electrons. The largest absolute Gasteiger partial charge is 0.388 e. The SMILES string of the molecule is CCN(C(=O)c1ccc(NC)c(C)c1)C(C)CN(C)C. The normalized spacial score (nSPS) is 12.3. The van der Waals surface area contributed by atoms with Gasteiger partial charge in [-0.05, 0) is 58.6 Å². The predicted octanol–water partition coefficient (Wildman–Crippen LogP) is 2.45. The van der Waals surface area contributed by atoms with Gasteiger partial charge in [-0.2, -0.15) is 0 Å². The summed E-state index contributed by atoms with van der Waals surface area (Å²) in [7, 11) is 5.95. The molecule has 0 saturated carbocycles. The van der Waals surface area contributed by atoms with Gasteiger partial charge in [-0.3, -0.25) is 4.79 Å². The maximum absolute atomic E-state index is 12.6. The van der Waals surface area contributed by atoms with Gasteiger partial charge in [-0.1, -0.05) is 0 Å². The maximum atomic E-state index is 12.6. The second-order valence-corrected chi connectivity index (χ2v) is 5.48. The molecule has 0 saturated heterocycles. The zero-order valence-electron chi connectivity index (χ0n) is 13.5. The molecule has 4 heteroatoms. The molecule has 1 amide bonds. The van der Waals surface area contributed by atoms with E-state index in [2.05, 4.69) is 17.1 Å². The van der Waals surface area contributed by atoms with Crippen molar-refractivity contribution in [1.82, 2.24) is 9.80 Å². The number of hydrogen-bond donors (Lipinski definition) is 1. The summed E-state index contributed by atoms with van der Waals surface area (Å²) in [5, 5.41) is 3.12. The van der Waals surface area contributed by atoms with Crippen LogP contribution in [0.3, 0.4) is 0 Å². The van der Waals surface area contributed by atoms with Crippen LogP contribution in [-0.4, -0.2) is 56.0 Å². The number of nitrogens with one attached hydrogen (secondary N) is 1. The van der Waals surface area contributed by atoms with Crippen LogP contribution in [0.2, 0.25) is 0 Å². The van der Waals surface area contributed by atoms with Crippen LogP contribution in [0, 0.1) is 6.92 Å². The number of carbonyl (C=O) groups is 1. The van der Waals surface area contributed by atoms with Gasteiger partial charge in [0.2, 0.25) is 0 Å². The summed E-state index contributed by atoms with van der Waals surface area (Å²) in [4.78, 5) is 16.7. The van der Waals surface area contributed by atoms with Gasteiger partial charge in [0.05, 0.1) is 0 Å². The van der Waals surface area contributed by atoms with Gasteiger partial charge in [0.25, 0.3) is 5.91 Å². The molecular formula is C16H27N3O. The predicted molar refractivity (Wildman–Crippen MR) is 85.5 cm³/mol. The molecule has 1 aromatic rings. The van der Waals surface area contributed by atoms with Crippen molar-refractivity contribution in [3.05, 3.63) is 29.3 Å². The van der Waals surface area contributed by atoms with E-state index in [1.165, 1.54) is 0 Å². The standard InChI is InChI=1S/C16H27N3O/c1-7-19(13(3)11-18(5)6)16(20)14-8-9-15(17-4)12(2)10-14/h8-10,13,17H,7,11H2,1-6H3. The van der Waals surface area contributed by atoms with E-state index in [1.807, 2.05) is 58.1 Å². The monoisotopic (exact) mass is 277 g/mol. The molecule has 0 aromatic heterocycles. The van der Waals surface area contributed by atoms with Crippen LogP contribution in [0.1, 0.15) is 29.8 Å². The zero-order valence-corrected chi connectivity index (χ0v) is 13.5. The van der Waals surface area contributed by atoms with E-state index in [0.29, 0.717) is 0 Å². The average Bonchev–Trinajstić information content (AvgIpc) is 2.38. The fourth-order valence-corrected chi connectivity index (χ4v) is 2.53. The van der Waals surface area contributed by atoms with E-state index >= 15 is 0 Å².